The number of nitrogens with one attached hydrogen (secondary N) is 6. The molecular formula is C46H57N9O10S. The number of hydrogen-bond donors (Lipinski definition) is 10. The van der Waals surface area contributed by atoms with Crippen molar-refractivity contribution < 1.29 is 48.6 Å². The molecular weight excluding hydrogens is 871 g/mol. The number of carbonyl (C=O) groups excluding carboxylic acids is 7. The number of nitrogens with zero attached hydrogens (tertiary/aromatic N) is 1. The van der Waals surface area contributed by atoms with Crippen LogP contribution in [0, 0.1) is 5.92 Å². The third-order valence-electron chi connectivity index (χ3n) is 11.3. The summed E-state index contributed by atoms with van der Waals surface area (Å²) < 4.78 is 0. The van der Waals surface area contributed by atoms with Crippen LogP contribution in [-0.4, -0.2) is 128 Å². The zero-order valence-electron chi connectivity index (χ0n) is 36.8. The Morgan fingerprint density at radius 2 is 1.45 bits per heavy atom. The summed E-state index contributed by atoms with van der Waals surface area (Å²) in [5.41, 5.74) is 14.5. The van der Waals surface area contributed by atoms with E-state index >= 15 is 0 Å². The summed E-state index contributed by atoms with van der Waals surface area (Å²) in [5.74, 6) is -7.13. The van der Waals surface area contributed by atoms with E-state index in [4.69, 9.17) is 11.5 Å². The number of aromatic nitrogens is 1. The predicted molar refractivity (Wildman–Crippen MR) is 246 cm³/mol. The van der Waals surface area contributed by atoms with Crippen LogP contribution in [0.5, 0.6) is 5.75 Å². The number of nitrogens with two attached hydrogens (primary N) is 2. The van der Waals surface area contributed by atoms with Crippen molar-refractivity contribution >= 4 is 70.0 Å². The monoisotopic (exact) mass is 927 g/mol. The SMILES string of the molecule is CS[C@@H]1CCN(C(=O)[C@H](Cc2c[nH]c3ccccc23)NC(=O)CNC(=O)[C@H](NC(=O)[C@@H](N)Cc2ccc(O)cc2)C(C)C)[C@H]1C(=O)N[C@@H](CC(=O)O)C(=O)N[C@@H](Cc1ccccc1)C(N)=O. The lowest BCUT2D eigenvalue weighted by Gasteiger charge is -2.31. The van der Waals surface area contributed by atoms with Crippen LogP contribution in [-0.2, 0) is 57.6 Å². The molecule has 1 aliphatic heterocycles. The van der Waals surface area contributed by atoms with Gasteiger partial charge in [-0.25, -0.2) is 0 Å². The fourth-order valence-corrected chi connectivity index (χ4v) is 8.64. The second-order valence-corrected chi connectivity index (χ2v) is 17.5. The molecule has 2 heterocycles. The first-order chi connectivity index (χ1) is 31.4. The van der Waals surface area contributed by atoms with Gasteiger partial charge in [-0.05, 0) is 59.9 Å². The number of thioether (sulfide) groups is 1. The van der Waals surface area contributed by atoms with Crippen molar-refractivity contribution in [2.45, 2.75) is 87.5 Å². The molecule has 0 bridgehead atoms. The predicted octanol–water partition coefficient (Wildman–Crippen LogP) is 0.233. The number of aromatic hydroxyl groups is 1. The summed E-state index contributed by atoms with van der Waals surface area (Å²) in [6, 6.07) is 14.7. The normalized spacial score (nSPS) is 16.9. The first-order valence-corrected chi connectivity index (χ1v) is 22.7. The lowest BCUT2D eigenvalue weighted by Crippen LogP contribution is -2.60. The number of para-hydroxylation sites is 1. The third kappa shape index (κ3) is 13.6. The van der Waals surface area contributed by atoms with Gasteiger partial charge >= 0.3 is 5.97 Å². The number of carboxylic acids is 1. The summed E-state index contributed by atoms with van der Waals surface area (Å²) in [5, 5.41) is 32.5. The molecule has 7 amide bonds. The molecule has 0 unspecified atom stereocenters. The lowest BCUT2D eigenvalue weighted by molar-refractivity contribution is -0.144. The van der Waals surface area contributed by atoms with Gasteiger partial charge < -0.3 is 58.1 Å². The van der Waals surface area contributed by atoms with Crippen molar-refractivity contribution in [2.75, 3.05) is 19.3 Å². The van der Waals surface area contributed by atoms with Crippen LogP contribution in [0.15, 0.2) is 85.1 Å². The second-order valence-electron chi connectivity index (χ2n) is 16.5. The van der Waals surface area contributed by atoms with E-state index in [-0.39, 0.29) is 31.6 Å². The summed E-state index contributed by atoms with van der Waals surface area (Å²) in [6.45, 7) is 2.89. The quantitative estimate of drug-likeness (QED) is 0.0507. The minimum absolute atomic E-state index is 0.00885. The fourth-order valence-electron chi connectivity index (χ4n) is 7.77. The number of likely N-dealkylation sites (tertiary alicyclic amines) is 1. The number of phenolic OH excluding ortho intramolecular Hbond substituents is 1. The molecule has 1 aliphatic rings. The fraction of sp³-hybridized carbons (Fsp3) is 0.391. The van der Waals surface area contributed by atoms with Gasteiger partial charge in [-0.1, -0.05) is 74.5 Å². The highest BCUT2D eigenvalue weighted by atomic mass is 32.2. The number of aliphatic carboxylic acids is 1. The Labute approximate surface area is 385 Å². The molecule has 66 heavy (non-hydrogen) atoms. The van der Waals surface area contributed by atoms with Crippen LogP contribution in [0.3, 0.4) is 0 Å². The Hall–Kier alpha value is -6.93. The van der Waals surface area contributed by atoms with Gasteiger partial charge in [-0.3, -0.25) is 38.4 Å². The van der Waals surface area contributed by atoms with E-state index in [1.807, 2.05) is 24.3 Å². The van der Waals surface area contributed by atoms with Crippen LogP contribution >= 0.6 is 11.8 Å². The van der Waals surface area contributed by atoms with Crippen LogP contribution in [0.1, 0.15) is 43.4 Å². The van der Waals surface area contributed by atoms with E-state index in [2.05, 4.69) is 31.6 Å². The maximum atomic E-state index is 14.7. The molecule has 0 aliphatic carbocycles. The van der Waals surface area contributed by atoms with Gasteiger partial charge in [0.15, 0.2) is 0 Å². The molecule has 19 nitrogen and oxygen atoms in total. The highest BCUT2D eigenvalue weighted by Crippen LogP contribution is 2.29. The number of rotatable bonds is 22. The molecule has 0 spiro atoms. The largest absolute Gasteiger partial charge is 0.508 e. The average Bonchev–Trinajstić information content (AvgIpc) is 3.91. The number of carbonyl (C=O) groups is 8. The first-order valence-electron chi connectivity index (χ1n) is 21.4. The summed E-state index contributed by atoms with van der Waals surface area (Å²) >= 11 is 1.29. The smallest absolute Gasteiger partial charge is 0.305 e. The van der Waals surface area contributed by atoms with Crippen LogP contribution < -0.4 is 38.1 Å². The Bertz CT molecular complexity index is 2380. The van der Waals surface area contributed by atoms with Crippen molar-refractivity contribution in [3.8, 4) is 5.75 Å². The van der Waals surface area contributed by atoms with E-state index in [1.54, 1.807) is 68.8 Å². The number of amides is 7. The number of hydrogen-bond acceptors (Lipinski definition) is 11. The number of H-pyrrole nitrogens is 1. The molecule has 7 atom stereocenters. The van der Waals surface area contributed by atoms with E-state index in [9.17, 15) is 48.6 Å². The zero-order chi connectivity index (χ0) is 48.1. The van der Waals surface area contributed by atoms with Gasteiger partial charge in [0.1, 0.15) is 36.0 Å². The van der Waals surface area contributed by atoms with Crippen molar-refractivity contribution in [2.24, 2.45) is 17.4 Å². The summed E-state index contributed by atoms with van der Waals surface area (Å²) in [6.07, 6.45) is 3.03. The van der Waals surface area contributed by atoms with Crippen molar-refractivity contribution in [3.63, 3.8) is 0 Å². The second kappa shape index (κ2) is 23.3. The van der Waals surface area contributed by atoms with Gasteiger partial charge in [-0.15, -0.1) is 0 Å². The van der Waals surface area contributed by atoms with Crippen molar-refractivity contribution in [3.05, 3.63) is 102 Å². The van der Waals surface area contributed by atoms with Crippen LogP contribution in [0.4, 0.5) is 0 Å². The highest BCUT2D eigenvalue weighted by Gasteiger charge is 2.45. The van der Waals surface area contributed by atoms with Crippen LogP contribution in [0.2, 0.25) is 0 Å². The van der Waals surface area contributed by atoms with Crippen LogP contribution in [0.25, 0.3) is 10.9 Å². The standard InChI is InChI=1S/C46H57N9O10S/c1-25(2)39(54-42(61)31(47)19-27-13-15-29(56)16-14-27)44(63)50-24-37(57)51-35(21-28-23-49-32-12-8-7-11-30(28)32)46(65)55-18-17-36(66-3)40(55)45(64)53-34(22-38(58)59)43(62)52-33(41(48)60)20-26-9-5-4-6-10-26/h4-16,23,25,31,33-36,39-40,49,56H,17-22,24,47H2,1-3H3,(H2,48,60)(H,50,63)(H,51,57)(H,52,62)(H,53,64)(H,54,61)(H,58,59)/t31-,33-,34-,35-,36+,39+,40+/m0/s1. The Kier molecular flexibility index (Phi) is 17.7. The molecule has 5 rings (SSSR count). The third-order valence-corrected chi connectivity index (χ3v) is 12.4. The highest BCUT2D eigenvalue weighted by molar-refractivity contribution is 7.99. The Balaban J connectivity index is 1.31. The molecule has 12 N–H and O–H groups in total. The number of carboxylic acid groups (broad SMARTS) is 1. The number of benzene rings is 3. The van der Waals surface area contributed by atoms with Gasteiger partial charge in [0, 0.05) is 41.7 Å². The van der Waals surface area contributed by atoms with Gasteiger partial charge in [0.25, 0.3) is 0 Å². The average molecular weight is 928 g/mol. The maximum Gasteiger partial charge on any atom is 0.305 e. The zero-order valence-corrected chi connectivity index (χ0v) is 37.6. The number of aromatic amines is 1. The molecule has 4 aromatic rings. The molecule has 352 valence electrons. The molecule has 3 aromatic carbocycles. The first kappa shape index (κ1) is 50.1. The van der Waals surface area contributed by atoms with E-state index in [0.717, 1.165) is 10.9 Å². The molecule has 0 radical (unpaired) electrons. The topological polar surface area (TPSA) is 308 Å². The number of fused-ring (bicyclic) bond motifs is 1. The van der Waals surface area contributed by atoms with Crippen molar-refractivity contribution in [1.82, 2.24) is 36.5 Å². The minimum atomic E-state index is -1.66. The Morgan fingerprint density at radius 3 is 2.11 bits per heavy atom. The molecule has 1 aromatic heterocycles. The summed E-state index contributed by atoms with van der Waals surface area (Å²) in [7, 11) is 0. The lowest BCUT2D eigenvalue weighted by atomic mass is 10.0. The maximum absolute atomic E-state index is 14.7. The van der Waals surface area contributed by atoms with Gasteiger partial charge in [0.05, 0.1) is 19.0 Å². The van der Waals surface area contributed by atoms with E-state index < -0.39 is 108 Å². The van der Waals surface area contributed by atoms with Crippen molar-refractivity contribution in [1.29, 1.82) is 0 Å². The molecule has 1 fully saturated rings. The van der Waals surface area contributed by atoms with Gasteiger partial charge in [-0.2, -0.15) is 11.8 Å². The molecule has 1 saturated heterocycles. The minimum Gasteiger partial charge on any atom is -0.508 e. The Morgan fingerprint density at radius 1 is 0.788 bits per heavy atom. The van der Waals surface area contributed by atoms with Gasteiger partial charge in [0.2, 0.25) is 41.4 Å². The number of phenols is 1. The summed E-state index contributed by atoms with van der Waals surface area (Å²) in [4.78, 5) is 111. The van der Waals surface area contributed by atoms with E-state index in [1.165, 1.54) is 28.8 Å². The molecule has 0 saturated carbocycles. The number of primary amides is 1. The molecule has 20 heteroatoms. The van der Waals surface area contributed by atoms with E-state index in [0.29, 0.717) is 23.1 Å².